The summed E-state index contributed by atoms with van der Waals surface area (Å²) in [7, 11) is -4.65. The Morgan fingerprint density at radius 2 is 2.20 bits per heavy atom. The van der Waals surface area contributed by atoms with Gasteiger partial charge in [-0.15, -0.1) is 0 Å². The van der Waals surface area contributed by atoms with Gasteiger partial charge in [0, 0.05) is 6.54 Å². The van der Waals surface area contributed by atoms with E-state index in [2.05, 4.69) is 5.16 Å². The van der Waals surface area contributed by atoms with Gasteiger partial charge in [-0.2, -0.15) is 13.1 Å². The van der Waals surface area contributed by atoms with Crippen LogP contribution in [0.15, 0.2) is 5.16 Å². The van der Waals surface area contributed by atoms with Crippen molar-refractivity contribution >= 4 is 15.9 Å². The third-order valence-corrected chi connectivity index (χ3v) is 3.75. The van der Waals surface area contributed by atoms with E-state index in [0.29, 0.717) is 10.7 Å². The van der Waals surface area contributed by atoms with E-state index < -0.39 is 21.8 Å². The van der Waals surface area contributed by atoms with E-state index >= 15 is 0 Å². The topological polar surface area (TPSA) is 96.0 Å². The molecule has 1 aliphatic heterocycles. The van der Waals surface area contributed by atoms with Gasteiger partial charge in [-0.25, -0.2) is 8.42 Å². The third kappa shape index (κ3) is 2.17. The molecule has 1 atom stereocenters. The molecule has 1 unspecified atom stereocenters. The van der Waals surface area contributed by atoms with Crippen molar-refractivity contribution in [1.29, 1.82) is 0 Å². The summed E-state index contributed by atoms with van der Waals surface area (Å²) in [5.74, 6) is -3.85. The number of oxime groups is 1. The molecule has 15 heavy (non-hydrogen) atoms. The fourth-order valence-corrected chi connectivity index (χ4v) is 2.67. The maximum atomic E-state index is 12.2. The van der Waals surface area contributed by atoms with Crippen LogP contribution in [0.3, 0.4) is 0 Å². The first-order valence-electron chi connectivity index (χ1n) is 4.17. The van der Waals surface area contributed by atoms with Crippen molar-refractivity contribution in [3.8, 4) is 0 Å². The van der Waals surface area contributed by atoms with Gasteiger partial charge in [-0.1, -0.05) is 5.16 Å². The minimum Gasteiger partial charge on any atom is -0.409 e. The molecule has 0 aliphatic carbocycles. The number of nitrogens with two attached hydrogens (primary N) is 1. The van der Waals surface area contributed by atoms with Gasteiger partial charge < -0.3 is 10.9 Å². The Balaban J connectivity index is 2.96. The Bertz CT molecular complexity index is 357. The Morgan fingerprint density at radius 1 is 1.60 bits per heavy atom. The van der Waals surface area contributed by atoms with Gasteiger partial charge in [0.1, 0.15) is 0 Å². The van der Waals surface area contributed by atoms with Crippen LogP contribution in [-0.2, 0) is 10.0 Å². The highest BCUT2D eigenvalue weighted by Crippen LogP contribution is 2.24. The van der Waals surface area contributed by atoms with Crippen LogP contribution in [0.2, 0.25) is 0 Å². The molecule has 3 N–H and O–H groups in total. The van der Waals surface area contributed by atoms with Gasteiger partial charge in [0.25, 0.3) is 10.0 Å². The normalized spacial score (nSPS) is 25.0. The molecular formula is C6H11F2N3O3S. The number of halogens is 2. The van der Waals surface area contributed by atoms with Crippen LogP contribution >= 0.6 is 0 Å². The highest BCUT2D eigenvalue weighted by Gasteiger charge is 2.41. The molecule has 0 bridgehead atoms. The average Bonchev–Trinajstić information content (AvgIpc) is 2.65. The summed E-state index contributed by atoms with van der Waals surface area (Å²) >= 11 is 0. The Labute approximate surface area is 85.4 Å². The lowest BCUT2D eigenvalue weighted by atomic mass is 10.2. The highest BCUT2D eigenvalue weighted by atomic mass is 32.2. The molecule has 1 saturated heterocycles. The summed E-state index contributed by atoms with van der Waals surface area (Å²) in [5, 5.41) is 11.0. The molecule has 6 nitrogen and oxygen atoms in total. The monoisotopic (exact) mass is 243 g/mol. The zero-order valence-electron chi connectivity index (χ0n) is 7.68. The van der Waals surface area contributed by atoms with Crippen molar-refractivity contribution < 1.29 is 22.4 Å². The summed E-state index contributed by atoms with van der Waals surface area (Å²) < 4.78 is 47.3. The summed E-state index contributed by atoms with van der Waals surface area (Å²) in [5.41, 5.74) is 5.21. The molecule has 0 amide bonds. The van der Waals surface area contributed by atoms with Crippen molar-refractivity contribution in [2.24, 2.45) is 10.9 Å². The van der Waals surface area contributed by atoms with Crippen molar-refractivity contribution in [1.82, 2.24) is 4.31 Å². The summed E-state index contributed by atoms with van der Waals surface area (Å²) in [4.78, 5) is 0. The molecule has 1 heterocycles. The van der Waals surface area contributed by atoms with Crippen molar-refractivity contribution in [2.75, 3.05) is 6.54 Å². The van der Waals surface area contributed by atoms with Gasteiger partial charge in [0.2, 0.25) is 0 Å². The number of rotatable bonds is 3. The van der Waals surface area contributed by atoms with Crippen LogP contribution in [0.4, 0.5) is 8.78 Å². The van der Waals surface area contributed by atoms with Gasteiger partial charge in [-0.3, -0.25) is 0 Å². The minimum atomic E-state index is -4.65. The predicted molar refractivity (Wildman–Crippen MR) is 48.1 cm³/mol. The van der Waals surface area contributed by atoms with Gasteiger partial charge >= 0.3 is 5.76 Å². The molecule has 0 aromatic heterocycles. The van der Waals surface area contributed by atoms with Crippen LogP contribution < -0.4 is 5.73 Å². The standard InChI is InChI=1S/C6H11F2N3O3S/c7-6(8)15(13,14)11-3-1-2-4(11)5(9)10-12/h4,6,12H,1-3H2,(H2,9,10). The van der Waals surface area contributed by atoms with E-state index in [1.807, 2.05) is 0 Å². The molecule has 9 heteroatoms. The quantitative estimate of drug-likeness (QED) is 0.309. The van der Waals surface area contributed by atoms with E-state index in [0.717, 1.165) is 0 Å². The number of nitrogens with zero attached hydrogens (tertiary/aromatic N) is 2. The van der Waals surface area contributed by atoms with E-state index in [9.17, 15) is 17.2 Å². The van der Waals surface area contributed by atoms with Gasteiger partial charge in [0.05, 0.1) is 6.04 Å². The maximum absolute atomic E-state index is 12.2. The van der Waals surface area contributed by atoms with Crippen LogP contribution in [-0.4, -0.2) is 42.1 Å². The van der Waals surface area contributed by atoms with E-state index in [4.69, 9.17) is 10.9 Å². The SMILES string of the molecule is NC(=NO)C1CCCN1S(=O)(=O)C(F)F. The van der Waals surface area contributed by atoms with Gasteiger partial charge in [0.15, 0.2) is 5.84 Å². The molecule has 1 fully saturated rings. The molecule has 1 rings (SSSR count). The number of sulfonamides is 1. The first kappa shape index (κ1) is 12.1. The lowest BCUT2D eigenvalue weighted by molar-refractivity contribution is 0.220. The second kappa shape index (κ2) is 4.27. The molecule has 1 aliphatic rings. The van der Waals surface area contributed by atoms with Crippen LogP contribution in [0.1, 0.15) is 12.8 Å². The average molecular weight is 243 g/mol. The third-order valence-electron chi connectivity index (χ3n) is 2.21. The fourth-order valence-electron chi connectivity index (χ4n) is 1.51. The zero-order chi connectivity index (χ0) is 11.6. The second-order valence-corrected chi connectivity index (χ2v) is 4.95. The molecule has 88 valence electrons. The van der Waals surface area contributed by atoms with E-state index in [-0.39, 0.29) is 18.8 Å². The van der Waals surface area contributed by atoms with Crippen molar-refractivity contribution in [3.63, 3.8) is 0 Å². The summed E-state index contributed by atoms with van der Waals surface area (Å²) in [6, 6.07) is -0.964. The minimum absolute atomic E-state index is 0.0342. The lowest BCUT2D eigenvalue weighted by Crippen LogP contribution is -2.45. The van der Waals surface area contributed by atoms with Crippen LogP contribution in [0.5, 0.6) is 0 Å². The first-order chi connectivity index (χ1) is 6.91. The number of hydrogen-bond donors (Lipinski definition) is 2. The van der Waals surface area contributed by atoms with Gasteiger partial charge in [-0.05, 0) is 12.8 Å². The number of amidine groups is 1. The number of alkyl halides is 2. The van der Waals surface area contributed by atoms with E-state index in [1.54, 1.807) is 0 Å². The van der Waals surface area contributed by atoms with Crippen molar-refractivity contribution in [3.05, 3.63) is 0 Å². The molecular weight excluding hydrogens is 232 g/mol. The highest BCUT2D eigenvalue weighted by molar-refractivity contribution is 7.89. The molecule has 0 aromatic carbocycles. The molecule has 0 saturated carbocycles. The largest absolute Gasteiger partial charge is 0.409 e. The second-order valence-electron chi connectivity index (χ2n) is 3.10. The molecule has 0 spiro atoms. The van der Waals surface area contributed by atoms with E-state index in [1.165, 1.54) is 0 Å². The van der Waals surface area contributed by atoms with Crippen molar-refractivity contribution in [2.45, 2.75) is 24.6 Å². The molecule has 0 radical (unpaired) electrons. The summed E-state index contributed by atoms with van der Waals surface area (Å²) in [6.45, 7) is -0.0342. The Kier molecular flexibility index (Phi) is 3.45. The number of hydrogen-bond acceptors (Lipinski definition) is 4. The summed E-state index contributed by atoms with van der Waals surface area (Å²) in [6.07, 6.45) is 0.689. The molecule has 0 aromatic rings. The predicted octanol–water partition coefficient (Wildman–Crippen LogP) is -0.250. The lowest BCUT2D eigenvalue weighted by Gasteiger charge is -2.21. The first-order valence-corrected chi connectivity index (χ1v) is 5.67. The fraction of sp³-hybridized carbons (Fsp3) is 0.833. The Hall–Kier alpha value is -0.960. The Morgan fingerprint density at radius 3 is 2.67 bits per heavy atom. The smallest absolute Gasteiger partial charge is 0.350 e. The van der Waals surface area contributed by atoms with Crippen LogP contribution in [0, 0.1) is 0 Å². The van der Waals surface area contributed by atoms with Crippen LogP contribution in [0.25, 0.3) is 0 Å². The maximum Gasteiger partial charge on any atom is 0.350 e. The zero-order valence-corrected chi connectivity index (χ0v) is 8.49.